The van der Waals surface area contributed by atoms with E-state index in [4.69, 9.17) is 11.6 Å². The molecule has 0 aromatic heterocycles. The average Bonchev–Trinajstić information content (AvgIpc) is 2.37. The number of halogens is 1. The number of nitrogens with zero attached hydrogens (tertiary/aromatic N) is 1. The third kappa shape index (κ3) is 4.37. The van der Waals surface area contributed by atoms with Crippen LogP contribution in [-0.4, -0.2) is 41.7 Å². The predicted octanol–water partition coefficient (Wildman–Crippen LogP) is 2.40. The number of nitrogens with one attached hydrogen (secondary N) is 1. The minimum Gasteiger partial charge on any atom is -0.353 e. The van der Waals surface area contributed by atoms with E-state index in [1.54, 1.807) is 0 Å². The van der Waals surface area contributed by atoms with Gasteiger partial charge in [-0.15, -0.1) is 11.6 Å². The Labute approximate surface area is 127 Å². The third-order valence-electron chi connectivity index (χ3n) is 3.71. The highest BCUT2D eigenvalue weighted by molar-refractivity contribution is 6.19. The minimum atomic E-state index is -0.511. The number of piperidine rings is 1. The molecule has 0 aromatic carbocycles. The van der Waals surface area contributed by atoms with Crippen LogP contribution in [0.3, 0.4) is 0 Å². The Kier molecular flexibility index (Phi) is 5.47. The van der Waals surface area contributed by atoms with Crippen molar-refractivity contribution in [2.45, 2.75) is 53.5 Å². The lowest BCUT2D eigenvalue weighted by Gasteiger charge is -2.37. The highest BCUT2D eigenvalue weighted by Gasteiger charge is 2.34. The van der Waals surface area contributed by atoms with Gasteiger partial charge < -0.3 is 10.2 Å². The number of carbonyl (C=O) groups is 2. The molecule has 0 aromatic rings. The zero-order valence-corrected chi connectivity index (χ0v) is 14.0. The Bertz CT molecular complexity index is 367. The normalized spacial score (nSPS) is 18.0. The first-order valence-electron chi connectivity index (χ1n) is 7.24. The van der Waals surface area contributed by atoms with Gasteiger partial charge in [0.05, 0.1) is 5.41 Å². The van der Waals surface area contributed by atoms with Crippen LogP contribution in [0.2, 0.25) is 0 Å². The van der Waals surface area contributed by atoms with Crippen molar-refractivity contribution in [2.75, 3.05) is 19.0 Å². The van der Waals surface area contributed by atoms with E-state index >= 15 is 0 Å². The van der Waals surface area contributed by atoms with E-state index in [2.05, 4.69) is 5.32 Å². The van der Waals surface area contributed by atoms with Gasteiger partial charge in [-0.05, 0) is 26.7 Å². The fraction of sp³-hybridized carbons (Fsp3) is 0.867. The topological polar surface area (TPSA) is 49.4 Å². The summed E-state index contributed by atoms with van der Waals surface area (Å²) in [4.78, 5) is 26.1. The summed E-state index contributed by atoms with van der Waals surface area (Å²) < 4.78 is 0. The molecule has 1 aliphatic heterocycles. The van der Waals surface area contributed by atoms with Crippen molar-refractivity contribution in [3.05, 3.63) is 0 Å². The SMILES string of the molecule is CC(C)(C)C(=O)NC1CCN(C(=O)C(C)(C)CCl)CC1. The molecule has 5 heteroatoms. The zero-order valence-electron chi connectivity index (χ0n) is 13.3. The van der Waals surface area contributed by atoms with Crippen molar-refractivity contribution in [1.82, 2.24) is 10.2 Å². The van der Waals surface area contributed by atoms with Crippen LogP contribution < -0.4 is 5.32 Å². The van der Waals surface area contributed by atoms with Gasteiger partial charge in [0, 0.05) is 30.4 Å². The van der Waals surface area contributed by atoms with Crippen molar-refractivity contribution in [3.8, 4) is 0 Å². The largest absolute Gasteiger partial charge is 0.353 e. The smallest absolute Gasteiger partial charge is 0.229 e. The van der Waals surface area contributed by atoms with E-state index in [-0.39, 0.29) is 23.3 Å². The van der Waals surface area contributed by atoms with Gasteiger partial charge in [0.2, 0.25) is 11.8 Å². The standard InChI is InChI=1S/C15H27ClN2O2/c1-14(2,3)12(19)17-11-6-8-18(9-7-11)13(20)15(4,5)10-16/h11H,6-10H2,1-5H3,(H,17,19). The first-order valence-corrected chi connectivity index (χ1v) is 7.77. The maximum absolute atomic E-state index is 12.3. The minimum absolute atomic E-state index is 0.0726. The zero-order chi connectivity index (χ0) is 15.6. The second-order valence-electron chi connectivity index (χ2n) is 7.31. The van der Waals surface area contributed by atoms with Crippen LogP contribution in [0, 0.1) is 10.8 Å². The van der Waals surface area contributed by atoms with E-state index in [1.807, 2.05) is 39.5 Å². The summed E-state index contributed by atoms with van der Waals surface area (Å²) in [6.45, 7) is 10.8. The summed E-state index contributed by atoms with van der Waals surface area (Å²) in [5, 5.41) is 3.07. The number of likely N-dealkylation sites (tertiary alicyclic amines) is 1. The summed E-state index contributed by atoms with van der Waals surface area (Å²) >= 11 is 5.85. The molecule has 0 radical (unpaired) electrons. The molecule has 20 heavy (non-hydrogen) atoms. The summed E-state index contributed by atoms with van der Waals surface area (Å²) in [6.07, 6.45) is 1.62. The first-order chi connectivity index (χ1) is 9.08. The molecule has 0 saturated carbocycles. The third-order valence-corrected chi connectivity index (χ3v) is 4.38. The molecule has 0 unspecified atom stereocenters. The van der Waals surface area contributed by atoms with Gasteiger partial charge in [0.25, 0.3) is 0 Å². The van der Waals surface area contributed by atoms with Crippen molar-refractivity contribution in [2.24, 2.45) is 10.8 Å². The molecular formula is C15H27ClN2O2. The molecule has 4 nitrogen and oxygen atoms in total. The Hall–Kier alpha value is -0.770. The second kappa shape index (κ2) is 6.33. The molecule has 1 heterocycles. The molecule has 1 N–H and O–H groups in total. The number of amides is 2. The maximum Gasteiger partial charge on any atom is 0.229 e. The average molecular weight is 303 g/mol. The van der Waals surface area contributed by atoms with Gasteiger partial charge in [-0.3, -0.25) is 9.59 Å². The van der Waals surface area contributed by atoms with Crippen LogP contribution >= 0.6 is 11.6 Å². The summed E-state index contributed by atoms with van der Waals surface area (Å²) in [7, 11) is 0. The van der Waals surface area contributed by atoms with Gasteiger partial charge in [-0.1, -0.05) is 20.8 Å². The van der Waals surface area contributed by atoms with Crippen LogP contribution in [0.1, 0.15) is 47.5 Å². The Morgan fingerprint density at radius 2 is 1.65 bits per heavy atom. The van der Waals surface area contributed by atoms with E-state index in [1.165, 1.54) is 0 Å². The maximum atomic E-state index is 12.3. The predicted molar refractivity (Wildman–Crippen MR) is 81.7 cm³/mol. The molecule has 0 bridgehead atoms. The number of hydrogen-bond donors (Lipinski definition) is 1. The Morgan fingerprint density at radius 1 is 1.15 bits per heavy atom. The van der Waals surface area contributed by atoms with Gasteiger partial charge in [0.15, 0.2) is 0 Å². The molecular weight excluding hydrogens is 276 g/mol. The molecule has 0 spiro atoms. The molecule has 0 atom stereocenters. The van der Waals surface area contributed by atoms with Crippen molar-refractivity contribution >= 4 is 23.4 Å². The molecule has 0 aliphatic carbocycles. The number of alkyl halides is 1. The van der Waals surface area contributed by atoms with E-state index in [9.17, 15) is 9.59 Å². The fourth-order valence-corrected chi connectivity index (χ4v) is 2.23. The Balaban J connectivity index is 2.49. The Morgan fingerprint density at radius 3 is 2.05 bits per heavy atom. The molecule has 2 amide bonds. The van der Waals surface area contributed by atoms with Crippen LogP contribution in [-0.2, 0) is 9.59 Å². The summed E-state index contributed by atoms with van der Waals surface area (Å²) in [6, 6.07) is 0.171. The lowest BCUT2D eigenvalue weighted by atomic mass is 9.91. The van der Waals surface area contributed by atoms with Crippen LogP contribution in [0.25, 0.3) is 0 Å². The van der Waals surface area contributed by atoms with Gasteiger partial charge in [-0.2, -0.15) is 0 Å². The van der Waals surface area contributed by atoms with Gasteiger partial charge in [0.1, 0.15) is 0 Å². The second-order valence-corrected chi connectivity index (χ2v) is 7.57. The van der Waals surface area contributed by atoms with Crippen LogP contribution in [0.15, 0.2) is 0 Å². The van der Waals surface area contributed by atoms with E-state index in [0.29, 0.717) is 19.0 Å². The lowest BCUT2D eigenvalue weighted by Crippen LogP contribution is -2.51. The monoisotopic (exact) mass is 302 g/mol. The van der Waals surface area contributed by atoms with Crippen molar-refractivity contribution in [3.63, 3.8) is 0 Å². The molecule has 116 valence electrons. The van der Waals surface area contributed by atoms with Crippen molar-refractivity contribution in [1.29, 1.82) is 0 Å². The number of rotatable bonds is 3. The van der Waals surface area contributed by atoms with Gasteiger partial charge >= 0.3 is 0 Å². The highest BCUT2D eigenvalue weighted by Crippen LogP contribution is 2.23. The molecule has 1 rings (SSSR count). The van der Waals surface area contributed by atoms with E-state index in [0.717, 1.165) is 12.8 Å². The van der Waals surface area contributed by atoms with Crippen LogP contribution in [0.5, 0.6) is 0 Å². The highest BCUT2D eigenvalue weighted by atomic mass is 35.5. The van der Waals surface area contributed by atoms with Gasteiger partial charge in [-0.25, -0.2) is 0 Å². The number of carbonyl (C=O) groups excluding carboxylic acids is 2. The summed E-state index contributed by atoms with van der Waals surface area (Å²) in [5.74, 6) is 0.503. The number of hydrogen-bond acceptors (Lipinski definition) is 2. The van der Waals surface area contributed by atoms with Crippen LogP contribution in [0.4, 0.5) is 0 Å². The molecule has 1 aliphatic rings. The molecule has 1 saturated heterocycles. The lowest BCUT2D eigenvalue weighted by molar-refractivity contribution is -0.140. The first kappa shape index (κ1) is 17.3. The molecule has 1 fully saturated rings. The summed E-state index contributed by atoms with van der Waals surface area (Å²) in [5.41, 5.74) is -0.878. The van der Waals surface area contributed by atoms with E-state index < -0.39 is 5.41 Å². The fourth-order valence-electron chi connectivity index (χ4n) is 2.11. The van der Waals surface area contributed by atoms with Crippen molar-refractivity contribution < 1.29 is 9.59 Å². The quantitative estimate of drug-likeness (QED) is 0.814.